The Morgan fingerprint density at radius 3 is 2.50 bits per heavy atom. The lowest BCUT2D eigenvalue weighted by atomic mass is 10.0. The average molecular weight is 523 g/mol. The van der Waals surface area contributed by atoms with E-state index in [1.807, 2.05) is 45.0 Å². The van der Waals surface area contributed by atoms with Crippen molar-refractivity contribution in [1.29, 1.82) is 0 Å². The zero-order chi connectivity index (χ0) is 27.7. The summed E-state index contributed by atoms with van der Waals surface area (Å²) in [6.45, 7) is 5.96. The van der Waals surface area contributed by atoms with Crippen molar-refractivity contribution in [2.24, 2.45) is 5.92 Å². The van der Waals surface area contributed by atoms with Gasteiger partial charge in [-0.05, 0) is 48.6 Å². The molecule has 0 aliphatic carbocycles. The minimum absolute atomic E-state index is 0.0482. The van der Waals surface area contributed by atoms with Crippen molar-refractivity contribution < 1.29 is 28.6 Å². The largest absolute Gasteiger partial charge is 0.495 e. The van der Waals surface area contributed by atoms with E-state index >= 15 is 0 Å². The van der Waals surface area contributed by atoms with Gasteiger partial charge >= 0.3 is 12.0 Å². The topological polar surface area (TPSA) is 143 Å². The Bertz CT molecular complexity index is 1270. The third kappa shape index (κ3) is 8.36. The van der Waals surface area contributed by atoms with Gasteiger partial charge in [0.05, 0.1) is 31.3 Å². The summed E-state index contributed by atoms with van der Waals surface area (Å²) < 4.78 is 11.0. The average Bonchev–Trinajstić information content (AvgIpc) is 3.33. The zero-order valence-electron chi connectivity index (χ0n) is 22.0. The highest BCUT2D eigenvalue weighted by molar-refractivity contribution is 6.01. The summed E-state index contributed by atoms with van der Waals surface area (Å²) in [6, 6.07) is 11.7. The Hall–Kier alpha value is -4.34. The van der Waals surface area contributed by atoms with Crippen molar-refractivity contribution >= 4 is 29.3 Å². The van der Waals surface area contributed by atoms with Crippen LogP contribution in [0.15, 0.2) is 53.1 Å². The van der Waals surface area contributed by atoms with E-state index in [-0.39, 0.29) is 31.1 Å². The van der Waals surface area contributed by atoms with Crippen molar-refractivity contribution in [1.82, 2.24) is 10.3 Å². The van der Waals surface area contributed by atoms with Crippen LogP contribution in [-0.2, 0) is 22.4 Å². The lowest BCUT2D eigenvalue weighted by molar-refractivity contribution is -0.137. The first-order valence-corrected chi connectivity index (χ1v) is 12.4. The van der Waals surface area contributed by atoms with Crippen LogP contribution in [0.1, 0.15) is 55.4 Å². The quantitative estimate of drug-likeness (QED) is 0.259. The highest BCUT2D eigenvalue weighted by Crippen LogP contribution is 2.27. The van der Waals surface area contributed by atoms with E-state index in [1.165, 1.54) is 13.4 Å². The number of urea groups is 1. The van der Waals surface area contributed by atoms with Crippen LogP contribution < -0.4 is 20.7 Å². The second kappa shape index (κ2) is 13.3. The number of methoxy groups -OCH3 is 1. The van der Waals surface area contributed by atoms with Gasteiger partial charge in [0.1, 0.15) is 18.1 Å². The van der Waals surface area contributed by atoms with Gasteiger partial charge < -0.3 is 30.2 Å². The number of nitrogens with one attached hydrogen (secondary N) is 3. The number of nitrogens with zero attached hydrogens (tertiary/aromatic N) is 1. The van der Waals surface area contributed by atoms with E-state index in [9.17, 15) is 14.4 Å². The van der Waals surface area contributed by atoms with E-state index < -0.39 is 18.0 Å². The molecular formula is C28H34N4O6. The minimum Gasteiger partial charge on any atom is -0.495 e. The van der Waals surface area contributed by atoms with Gasteiger partial charge in [0.15, 0.2) is 0 Å². The number of ether oxygens (including phenoxy) is 1. The molecule has 3 aromatic rings. The van der Waals surface area contributed by atoms with Crippen LogP contribution in [0.3, 0.4) is 0 Å². The molecule has 3 rings (SSSR count). The molecule has 202 valence electrons. The molecule has 0 radical (unpaired) electrons. The van der Waals surface area contributed by atoms with Crippen LogP contribution in [-0.4, -0.2) is 35.1 Å². The number of carboxylic acid groups (broad SMARTS) is 1. The van der Waals surface area contributed by atoms with Gasteiger partial charge in [0.2, 0.25) is 11.8 Å². The Morgan fingerprint density at radius 2 is 1.82 bits per heavy atom. The number of aliphatic carboxylic acids is 1. The summed E-state index contributed by atoms with van der Waals surface area (Å²) in [4.78, 5) is 40.6. The van der Waals surface area contributed by atoms with Gasteiger partial charge in [0, 0.05) is 12.1 Å². The van der Waals surface area contributed by atoms with E-state index in [1.54, 1.807) is 18.2 Å². The second-order valence-corrected chi connectivity index (χ2v) is 9.43. The third-order valence-electron chi connectivity index (χ3n) is 5.78. The first kappa shape index (κ1) is 28.2. The SMILES string of the molecule is COc1cc(CC(=O)NC(CC(C)C)c2nc(CCC(=O)O)co2)ccc1NC(=O)Nc1ccccc1C. The number of anilines is 2. The van der Waals surface area contributed by atoms with Crippen molar-refractivity contribution in [3.63, 3.8) is 0 Å². The molecule has 10 heteroatoms. The molecule has 0 saturated heterocycles. The van der Waals surface area contributed by atoms with Crippen LogP contribution in [0, 0.1) is 12.8 Å². The molecule has 0 aliphatic heterocycles. The molecule has 0 aliphatic rings. The Morgan fingerprint density at radius 1 is 1.08 bits per heavy atom. The van der Waals surface area contributed by atoms with Crippen LogP contribution in [0.4, 0.5) is 16.2 Å². The highest BCUT2D eigenvalue weighted by atomic mass is 16.5. The molecule has 4 N–H and O–H groups in total. The normalized spacial score (nSPS) is 11.6. The number of aromatic nitrogens is 1. The molecule has 0 saturated carbocycles. The van der Waals surface area contributed by atoms with E-state index in [0.717, 1.165) is 5.56 Å². The monoisotopic (exact) mass is 522 g/mol. The van der Waals surface area contributed by atoms with Gasteiger partial charge in [-0.3, -0.25) is 9.59 Å². The zero-order valence-corrected chi connectivity index (χ0v) is 22.0. The lowest BCUT2D eigenvalue weighted by Crippen LogP contribution is -2.31. The fraction of sp³-hybridized carbons (Fsp3) is 0.357. The molecule has 1 heterocycles. The molecule has 0 fully saturated rings. The maximum Gasteiger partial charge on any atom is 0.323 e. The summed E-state index contributed by atoms with van der Waals surface area (Å²) in [7, 11) is 1.49. The predicted molar refractivity (Wildman–Crippen MR) is 143 cm³/mol. The lowest BCUT2D eigenvalue weighted by Gasteiger charge is -2.18. The molecule has 2 aromatic carbocycles. The summed E-state index contributed by atoms with van der Waals surface area (Å²) in [5.74, 6) is -0.119. The number of rotatable bonds is 12. The number of aryl methyl sites for hydroxylation is 2. The molecule has 1 aromatic heterocycles. The summed E-state index contributed by atoms with van der Waals surface area (Å²) in [5.41, 5.74) is 3.34. The smallest absolute Gasteiger partial charge is 0.323 e. The number of carbonyl (C=O) groups excluding carboxylic acids is 2. The number of benzene rings is 2. The van der Waals surface area contributed by atoms with Gasteiger partial charge in [-0.1, -0.05) is 38.1 Å². The molecule has 3 amide bonds. The Kier molecular flexibility index (Phi) is 9.86. The summed E-state index contributed by atoms with van der Waals surface area (Å²) >= 11 is 0. The fourth-order valence-electron chi connectivity index (χ4n) is 3.89. The van der Waals surface area contributed by atoms with E-state index in [0.29, 0.717) is 40.7 Å². The predicted octanol–water partition coefficient (Wildman–Crippen LogP) is 5.10. The number of hydrogen-bond donors (Lipinski definition) is 4. The number of carboxylic acids is 1. The van der Waals surface area contributed by atoms with Crippen molar-refractivity contribution in [3.8, 4) is 5.75 Å². The fourth-order valence-corrected chi connectivity index (χ4v) is 3.89. The van der Waals surface area contributed by atoms with E-state index in [4.69, 9.17) is 14.3 Å². The van der Waals surface area contributed by atoms with Crippen LogP contribution in [0.5, 0.6) is 5.75 Å². The number of oxazole rings is 1. The number of carbonyl (C=O) groups is 3. The molecule has 10 nitrogen and oxygen atoms in total. The van der Waals surface area contributed by atoms with Crippen molar-refractivity contribution in [2.45, 2.75) is 52.5 Å². The standard InChI is InChI=1S/C28H34N4O6/c1-17(2)13-23(27-29-20(16-38-27)10-12-26(34)35)30-25(33)15-19-9-11-22(24(14-19)37-4)32-28(36)31-21-8-6-5-7-18(21)3/h5-9,11,14,16-17,23H,10,12-13,15H2,1-4H3,(H,30,33)(H,34,35)(H2,31,32,36). The maximum atomic E-state index is 12.9. The van der Waals surface area contributed by atoms with Gasteiger partial charge in [-0.15, -0.1) is 0 Å². The van der Waals surface area contributed by atoms with Crippen molar-refractivity contribution in [3.05, 3.63) is 71.4 Å². The van der Waals surface area contributed by atoms with Crippen LogP contribution in [0.2, 0.25) is 0 Å². The summed E-state index contributed by atoms with van der Waals surface area (Å²) in [6.07, 6.45) is 2.32. The maximum absolute atomic E-state index is 12.9. The molecule has 0 spiro atoms. The molecule has 38 heavy (non-hydrogen) atoms. The Labute approximate surface area is 221 Å². The minimum atomic E-state index is -0.912. The molecule has 0 bridgehead atoms. The Balaban J connectivity index is 1.64. The first-order valence-electron chi connectivity index (χ1n) is 12.4. The van der Waals surface area contributed by atoms with Gasteiger partial charge in [-0.25, -0.2) is 9.78 Å². The summed E-state index contributed by atoms with van der Waals surface area (Å²) in [5, 5.41) is 17.5. The van der Waals surface area contributed by atoms with Gasteiger partial charge in [-0.2, -0.15) is 0 Å². The highest BCUT2D eigenvalue weighted by Gasteiger charge is 2.22. The molecular weight excluding hydrogens is 488 g/mol. The first-order chi connectivity index (χ1) is 18.1. The third-order valence-corrected chi connectivity index (χ3v) is 5.78. The molecule has 1 atom stereocenters. The number of para-hydroxylation sites is 1. The van der Waals surface area contributed by atoms with Crippen LogP contribution in [0.25, 0.3) is 0 Å². The second-order valence-electron chi connectivity index (χ2n) is 9.43. The molecule has 1 unspecified atom stereocenters. The number of hydrogen-bond acceptors (Lipinski definition) is 6. The van der Waals surface area contributed by atoms with Crippen LogP contribution >= 0.6 is 0 Å². The van der Waals surface area contributed by atoms with Gasteiger partial charge in [0.25, 0.3) is 0 Å². The van der Waals surface area contributed by atoms with Crippen molar-refractivity contribution in [2.75, 3.05) is 17.7 Å². The number of amides is 3. The van der Waals surface area contributed by atoms with E-state index in [2.05, 4.69) is 20.9 Å².